The number of hydrogen-bond acceptors (Lipinski definition) is 3. The number of aryl methyl sites for hydroxylation is 2. The first-order chi connectivity index (χ1) is 7.66. The molecular weight excluding hydrogens is 270 g/mol. The highest BCUT2D eigenvalue weighted by Crippen LogP contribution is 2.26. The number of rotatable bonds is 3. The van der Waals surface area contributed by atoms with Crippen molar-refractivity contribution in [2.45, 2.75) is 20.5 Å². The van der Waals surface area contributed by atoms with Crippen LogP contribution in [0.2, 0.25) is 0 Å². The molecule has 0 radical (unpaired) electrons. The highest BCUT2D eigenvalue weighted by atomic mass is 79.9. The number of ether oxygens (including phenoxy) is 1. The summed E-state index contributed by atoms with van der Waals surface area (Å²) in [5, 5.41) is 3.62. The maximum Gasteiger partial charge on any atom is 0.174 e. The van der Waals surface area contributed by atoms with E-state index in [0.717, 1.165) is 27.1 Å². The maximum atomic E-state index is 5.61. The van der Waals surface area contributed by atoms with Gasteiger partial charge in [-0.25, -0.2) is 0 Å². The molecule has 0 unspecified atom stereocenters. The Balaban J connectivity index is 2.10. The van der Waals surface area contributed by atoms with Gasteiger partial charge in [0.1, 0.15) is 12.4 Å². The molecule has 0 aliphatic heterocycles. The standard InChI is InChI=1S/C12H12BrNO2/c1-8-5-11(6-9(2)12(8)13)15-7-10-3-4-14-16-10/h3-6H,7H2,1-2H3. The summed E-state index contributed by atoms with van der Waals surface area (Å²) in [6.07, 6.45) is 1.61. The van der Waals surface area contributed by atoms with Gasteiger partial charge >= 0.3 is 0 Å². The fourth-order valence-electron chi connectivity index (χ4n) is 1.46. The van der Waals surface area contributed by atoms with Crippen LogP contribution in [0.15, 0.2) is 33.4 Å². The molecule has 1 aromatic carbocycles. The van der Waals surface area contributed by atoms with E-state index in [9.17, 15) is 0 Å². The fraction of sp³-hybridized carbons (Fsp3) is 0.250. The van der Waals surface area contributed by atoms with Crippen LogP contribution in [0.1, 0.15) is 16.9 Å². The molecule has 84 valence electrons. The lowest BCUT2D eigenvalue weighted by atomic mass is 10.1. The van der Waals surface area contributed by atoms with Crippen LogP contribution < -0.4 is 4.74 Å². The molecule has 0 saturated heterocycles. The molecule has 4 heteroatoms. The first kappa shape index (κ1) is 11.2. The van der Waals surface area contributed by atoms with E-state index in [1.165, 1.54) is 0 Å². The predicted octanol–water partition coefficient (Wildman–Crippen LogP) is 3.63. The van der Waals surface area contributed by atoms with Crippen LogP contribution in [-0.2, 0) is 6.61 Å². The average molecular weight is 282 g/mol. The van der Waals surface area contributed by atoms with E-state index in [4.69, 9.17) is 9.26 Å². The Hall–Kier alpha value is -1.29. The van der Waals surface area contributed by atoms with Crippen molar-refractivity contribution in [3.63, 3.8) is 0 Å². The van der Waals surface area contributed by atoms with Gasteiger partial charge in [-0.05, 0) is 37.1 Å². The van der Waals surface area contributed by atoms with Crippen molar-refractivity contribution < 1.29 is 9.26 Å². The number of halogens is 1. The van der Waals surface area contributed by atoms with Gasteiger partial charge in [0.2, 0.25) is 0 Å². The van der Waals surface area contributed by atoms with Crippen molar-refractivity contribution in [3.05, 3.63) is 45.8 Å². The summed E-state index contributed by atoms with van der Waals surface area (Å²) in [7, 11) is 0. The van der Waals surface area contributed by atoms with Crippen LogP contribution in [0.4, 0.5) is 0 Å². The van der Waals surface area contributed by atoms with Crippen LogP contribution in [-0.4, -0.2) is 5.16 Å². The second-order valence-electron chi connectivity index (χ2n) is 3.64. The zero-order valence-electron chi connectivity index (χ0n) is 9.16. The Bertz CT molecular complexity index is 457. The molecule has 0 aliphatic rings. The van der Waals surface area contributed by atoms with E-state index >= 15 is 0 Å². The number of benzene rings is 1. The Morgan fingerprint density at radius 3 is 2.56 bits per heavy atom. The van der Waals surface area contributed by atoms with Crippen LogP contribution in [0.5, 0.6) is 5.75 Å². The van der Waals surface area contributed by atoms with Gasteiger partial charge in [0.25, 0.3) is 0 Å². The second kappa shape index (κ2) is 4.70. The Morgan fingerprint density at radius 2 is 2.00 bits per heavy atom. The molecule has 2 aromatic rings. The summed E-state index contributed by atoms with van der Waals surface area (Å²) < 4.78 is 11.7. The molecule has 1 aromatic heterocycles. The summed E-state index contributed by atoms with van der Waals surface area (Å²) in [6, 6.07) is 5.78. The second-order valence-corrected chi connectivity index (χ2v) is 4.43. The van der Waals surface area contributed by atoms with Crippen molar-refractivity contribution in [1.29, 1.82) is 0 Å². The Morgan fingerprint density at radius 1 is 1.31 bits per heavy atom. The number of hydrogen-bond donors (Lipinski definition) is 0. The topological polar surface area (TPSA) is 35.3 Å². The average Bonchev–Trinajstić information content (AvgIpc) is 2.75. The van der Waals surface area contributed by atoms with Crippen LogP contribution in [0, 0.1) is 13.8 Å². The highest BCUT2D eigenvalue weighted by molar-refractivity contribution is 9.10. The molecular formula is C12H12BrNO2. The van der Waals surface area contributed by atoms with Crippen molar-refractivity contribution in [2.24, 2.45) is 0 Å². The normalized spacial score (nSPS) is 10.4. The van der Waals surface area contributed by atoms with Gasteiger partial charge in [-0.2, -0.15) is 0 Å². The molecule has 0 spiro atoms. The summed E-state index contributed by atoms with van der Waals surface area (Å²) in [5.74, 6) is 1.56. The first-order valence-electron chi connectivity index (χ1n) is 4.96. The van der Waals surface area contributed by atoms with Crippen LogP contribution in [0.3, 0.4) is 0 Å². The molecule has 0 atom stereocenters. The lowest BCUT2D eigenvalue weighted by molar-refractivity contribution is 0.249. The Kier molecular flexibility index (Phi) is 3.29. The first-order valence-corrected chi connectivity index (χ1v) is 5.75. The molecule has 1 heterocycles. The summed E-state index contributed by atoms with van der Waals surface area (Å²) >= 11 is 3.52. The molecule has 16 heavy (non-hydrogen) atoms. The monoisotopic (exact) mass is 281 g/mol. The van der Waals surface area contributed by atoms with E-state index in [1.54, 1.807) is 12.3 Å². The van der Waals surface area contributed by atoms with Gasteiger partial charge in [0, 0.05) is 10.5 Å². The van der Waals surface area contributed by atoms with Gasteiger partial charge in [0.05, 0.1) is 6.20 Å². The molecule has 0 aliphatic carbocycles. The van der Waals surface area contributed by atoms with Gasteiger partial charge in [-0.3, -0.25) is 0 Å². The van der Waals surface area contributed by atoms with E-state index in [2.05, 4.69) is 21.1 Å². The van der Waals surface area contributed by atoms with Gasteiger partial charge in [-0.1, -0.05) is 21.1 Å². The zero-order valence-corrected chi connectivity index (χ0v) is 10.7. The predicted molar refractivity (Wildman–Crippen MR) is 64.5 cm³/mol. The van der Waals surface area contributed by atoms with E-state index in [1.807, 2.05) is 26.0 Å². The molecule has 0 fully saturated rings. The van der Waals surface area contributed by atoms with Gasteiger partial charge < -0.3 is 9.26 Å². The summed E-state index contributed by atoms with van der Waals surface area (Å²) in [4.78, 5) is 0. The highest BCUT2D eigenvalue weighted by Gasteiger charge is 2.04. The fourth-order valence-corrected chi connectivity index (χ4v) is 1.69. The minimum absolute atomic E-state index is 0.403. The van der Waals surface area contributed by atoms with Crippen molar-refractivity contribution in [1.82, 2.24) is 5.16 Å². The third kappa shape index (κ3) is 2.44. The number of aromatic nitrogens is 1. The SMILES string of the molecule is Cc1cc(OCc2ccno2)cc(C)c1Br. The van der Waals surface area contributed by atoms with Gasteiger partial charge in [-0.15, -0.1) is 0 Å². The summed E-state index contributed by atoms with van der Waals surface area (Å²) in [6.45, 7) is 4.48. The quantitative estimate of drug-likeness (QED) is 0.862. The number of nitrogens with zero attached hydrogens (tertiary/aromatic N) is 1. The molecule has 2 rings (SSSR count). The minimum Gasteiger partial charge on any atom is -0.486 e. The van der Waals surface area contributed by atoms with Crippen molar-refractivity contribution in [2.75, 3.05) is 0 Å². The molecule has 0 saturated carbocycles. The lowest BCUT2D eigenvalue weighted by Gasteiger charge is -2.08. The zero-order chi connectivity index (χ0) is 11.5. The van der Waals surface area contributed by atoms with Crippen molar-refractivity contribution in [3.8, 4) is 5.75 Å². The minimum atomic E-state index is 0.403. The molecule has 0 bridgehead atoms. The van der Waals surface area contributed by atoms with Crippen molar-refractivity contribution >= 4 is 15.9 Å². The molecule has 3 nitrogen and oxygen atoms in total. The van der Waals surface area contributed by atoms with E-state index in [-0.39, 0.29) is 0 Å². The van der Waals surface area contributed by atoms with Gasteiger partial charge in [0.15, 0.2) is 5.76 Å². The molecule has 0 amide bonds. The van der Waals surface area contributed by atoms with Crippen LogP contribution in [0.25, 0.3) is 0 Å². The van der Waals surface area contributed by atoms with Crippen LogP contribution >= 0.6 is 15.9 Å². The third-order valence-electron chi connectivity index (χ3n) is 2.28. The summed E-state index contributed by atoms with van der Waals surface area (Å²) in [5.41, 5.74) is 2.32. The third-order valence-corrected chi connectivity index (χ3v) is 3.53. The maximum absolute atomic E-state index is 5.61. The van der Waals surface area contributed by atoms with E-state index < -0.39 is 0 Å². The smallest absolute Gasteiger partial charge is 0.174 e. The molecule has 0 N–H and O–H groups in total. The van der Waals surface area contributed by atoms with E-state index in [0.29, 0.717) is 6.61 Å². The largest absolute Gasteiger partial charge is 0.486 e. The lowest BCUT2D eigenvalue weighted by Crippen LogP contribution is -1.95. The Labute approximate surface area is 103 Å².